The molecule has 0 radical (unpaired) electrons. The fourth-order valence-electron chi connectivity index (χ4n) is 2.18. The van der Waals surface area contributed by atoms with Crippen LogP contribution in [-0.2, 0) is 0 Å². The van der Waals surface area contributed by atoms with Crippen molar-refractivity contribution in [3.63, 3.8) is 0 Å². The summed E-state index contributed by atoms with van der Waals surface area (Å²) in [6, 6.07) is 13.3. The molecule has 1 amide bonds. The van der Waals surface area contributed by atoms with Crippen LogP contribution in [0.4, 0.5) is 26.0 Å². The predicted molar refractivity (Wildman–Crippen MR) is 92.6 cm³/mol. The van der Waals surface area contributed by atoms with Crippen molar-refractivity contribution in [1.29, 1.82) is 0 Å². The Hall–Kier alpha value is -3.55. The number of nitrogens with zero attached hydrogens (tertiary/aromatic N) is 2. The van der Waals surface area contributed by atoms with Gasteiger partial charge in [-0.1, -0.05) is 12.1 Å². The summed E-state index contributed by atoms with van der Waals surface area (Å²) in [5.74, 6) is -1.57. The van der Waals surface area contributed by atoms with E-state index >= 15 is 0 Å². The van der Waals surface area contributed by atoms with Crippen molar-refractivity contribution >= 4 is 23.1 Å². The van der Waals surface area contributed by atoms with Crippen LogP contribution >= 0.6 is 0 Å². The third-order valence-corrected chi connectivity index (χ3v) is 3.44. The number of carbonyl (C=O) groups is 1. The topological polar surface area (TPSA) is 76.1 Å². The van der Waals surface area contributed by atoms with Crippen LogP contribution in [0.3, 0.4) is 0 Å². The van der Waals surface area contributed by atoms with E-state index in [0.29, 0.717) is 17.1 Å². The van der Waals surface area contributed by atoms with Gasteiger partial charge in [-0.25, -0.2) is 8.78 Å². The molecular formula is C18H14F2N4O2. The van der Waals surface area contributed by atoms with E-state index < -0.39 is 17.5 Å². The Kier molecular flexibility index (Phi) is 5.02. The zero-order valence-corrected chi connectivity index (χ0v) is 13.7. The number of ether oxygens (including phenoxy) is 1. The number of para-hydroxylation sites is 2. The standard InChI is InChI=1S/C18H14F2N4O2/c1-26-16-5-3-2-4-14(16)22-18(25)15-8-9-17(24-23-15)21-11-6-7-12(19)13(20)10-11/h2-10H,1H3,(H,21,24)(H,22,25). The van der Waals surface area contributed by atoms with Crippen molar-refractivity contribution in [3.05, 3.63) is 71.9 Å². The van der Waals surface area contributed by atoms with Crippen LogP contribution < -0.4 is 15.4 Å². The first-order valence-corrected chi connectivity index (χ1v) is 7.57. The molecule has 2 aromatic carbocycles. The van der Waals surface area contributed by atoms with Crippen LogP contribution in [0, 0.1) is 11.6 Å². The molecule has 3 rings (SSSR count). The van der Waals surface area contributed by atoms with Gasteiger partial charge < -0.3 is 15.4 Å². The molecule has 1 aromatic heterocycles. The first kappa shape index (κ1) is 17.3. The Morgan fingerprint density at radius 2 is 1.81 bits per heavy atom. The number of nitrogens with one attached hydrogen (secondary N) is 2. The van der Waals surface area contributed by atoms with Gasteiger partial charge in [0.1, 0.15) is 5.75 Å². The third kappa shape index (κ3) is 3.92. The molecule has 0 saturated heterocycles. The van der Waals surface area contributed by atoms with E-state index in [9.17, 15) is 13.6 Å². The molecule has 0 atom stereocenters. The Morgan fingerprint density at radius 1 is 1.00 bits per heavy atom. The molecule has 2 N–H and O–H groups in total. The average molecular weight is 356 g/mol. The minimum Gasteiger partial charge on any atom is -0.495 e. The van der Waals surface area contributed by atoms with E-state index in [1.807, 2.05) is 0 Å². The van der Waals surface area contributed by atoms with Crippen LogP contribution in [0.15, 0.2) is 54.6 Å². The van der Waals surface area contributed by atoms with E-state index in [0.717, 1.165) is 12.1 Å². The lowest BCUT2D eigenvalue weighted by Gasteiger charge is -2.09. The summed E-state index contributed by atoms with van der Waals surface area (Å²) >= 11 is 0. The number of benzene rings is 2. The molecule has 0 aliphatic carbocycles. The van der Waals surface area contributed by atoms with Crippen molar-refractivity contribution in [2.24, 2.45) is 0 Å². The first-order valence-electron chi connectivity index (χ1n) is 7.57. The van der Waals surface area contributed by atoms with Gasteiger partial charge in [-0.3, -0.25) is 4.79 Å². The molecule has 6 nitrogen and oxygen atoms in total. The van der Waals surface area contributed by atoms with E-state index in [1.165, 1.54) is 25.3 Å². The summed E-state index contributed by atoms with van der Waals surface area (Å²) in [6.45, 7) is 0. The summed E-state index contributed by atoms with van der Waals surface area (Å²) in [5, 5.41) is 13.2. The molecule has 0 aliphatic rings. The molecule has 26 heavy (non-hydrogen) atoms. The van der Waals surface area contributed by atoms with Crippen molar-refractivity contribution in [2.45, 2.75) is 0 Å². The summed E-state index contributed by atoms with van der Waals surface area (Å²) in [5.41, 5.74) is 0.905. The van der Waals surface area contributed by atoms with Gasteiger partial charge in [0.15, 0.2) is 23.1 Å². The second kappa shape index (κ2) is 7.56. The smallest absolute Gasteiger partial charge is 0.276 e. The number of carbonyl (C=O) groups excluding carboxylic acids is 1. The summed E-state index contributed by atoms with van der Waals surface area (Å²) in [4.78, 5) is 12.3. The molecule has 132 valence electrons. The Labute approximate surface area is 147 Å². The number of hydrogen-bond acceptors (Lipinski definition) is 5. The largest absolute Gasteiger partial charge is 0.495 e. The molecule has 8 heteroatoms. The van der Waals surface area contributed by atoms with Gasteiger partial charge in [0.05, 0.1) is 12.8 Å². The Balaban J connectivity index is 1.70. The average Bonchev–Trinajstić information content (AvgIpc) is 2.66. The number of hydrogen-bond donors (Lipinski definition) is 2. The monoisotopic (exact) mass is 356 g/mol. The lowest BCUT2D eigenvalue weighted by Crippen LogP contribution is -2.15. The number of halogens is 2. The minimum atomic E-state index is -0.976. The summed E-state index contributed by atoms with van der Waals surface area (Å²) in [6.07, 6.45) is 0. The SMILES string of the molecule is COc1ccccc1NC(=O)c1ccc(Nc2ccc(F)c(F)c2)nn1. The molecule has 0 spiro atoms. The Morgan fingerprint density at radius 3 is 2.50 bits per heavy atom. The quantitative estimate of drug-likeness (QED) is 0.728. The lowest BCUT2D eigenvalue weighted by atomic mass is 10.2. The highest BCUT2D eigenvalue weighted by Gasteiger charge is 2.11. The maximum atomic E-state index is 13.2. The molecule has 1 heterocycles. The zero-order chi connectivity index (χ0) is 18.5. The highest BCUT2D eigenvalue weighted by molar-refractivity contribution is 6.03. The van der Waals surface area contributed by atoms with Gasteiger partial charge in [0.25, 0.3) is 5.91 Å². The molecule has 3 aromatic rings. The summed E-state index contributed by atoms with van der Waals surface area (Å²) in [7, 11) is 1.50. The van der Waals surface area contributed by atoms with Crippen LogP contribution in [-0.4, -0.2) is 23.2 Å². The van der Waals surface area contributed by atoms with Gasteiger partial charge in [-0.05, 0) is 36.4 Å². The minimum absolute atomic E-state index is 0.0896. The van der Waals surface area contributed by atoms with Crippen LogP contribution in [0.25, 0.3) is 0 Å². The van der Waals surface area contributed by atoms with Gasteiger partial charge in [0.2, 0.25) is 0 Å². The van der Waals surface area contributed by atoms with E-state index in [-0.39, 0.29) is 11.5 Å². The van der Waals surface area contributed by atoms with E-state index in [4.69, 9.17) is 4.74 Å². The third-order valence-electron chi connectivity index (χ3n) is 3.44. The number of rotatable bonds is 5. The van der Waals surface area contributed by atoms with Gasteiger partial charge in [-0.15, -0.1) is 10.2 Å². The van der Waals surface area contributed by atoms with Crippen LogP contribution in [0.1, 0.15) is 10.5 Å². The highest BCUT2D eigenvalue weighted by atomic mass is 19.2. The molecule has 0 aliphatic heterocycles. The Bertz CT molecular complexity index is 933. The summed E-state index contributed by atoms with van der Waals surface area (Å²) < 4.78 is 31.3. The van der Waals surface area contributed by atoms with E-state index in [2.05, 4.69) is 20.8 Å². The number of methoxy groups -OCH3 is 1. The van der Waals surface area contributed by atoms with E-state index in [1.54, 1.807) is 24.3 Å². The van der Waals surface area contributed by atoms with Gasteiger partial charge in [0, 0.05) is 11.8 Å². The predicted octanol–water partition coefficient (Wildman–Crippen LogP) is 3.76. The first-order chi connectivity index (χ1) is 12.6. The van der Waals surface area contributed by atoms with Crippen molar-refractivity contribution < 1.29 is 18.3 Å². The molecular weight excluding hydrogens is 342 g/mol. The second-order valence-electron chi connectivity index (χ2n) is 5.21. The molecule has 0 saturated carbocycles. The molecule has 0 bridgehead atoms. The molecule has 0 fully saturated rings. The normalized spacial score (nSPS) is 10.3. The fraction of sp³-hybridized carbons (Fsp3) is 0.0556. The maximum Gasteiger partial charge on any atom is 0.276 e. The molecule has 0 unspecified atom stereocenters. The van der Waals surface area contributed by atoms with Crippen molar-refractivity contribution in [2.75, 3.05) is 17.7 Å². The van der Waals surface area contributed by atoms with Crippen molar-refractivity contribution in [1.82, 2.24) is 10.2 Å². The van der Waals surface area contributed by atoms with Crippen molar-refractivity contribution in [3.8, 4) is 5.75 Å². The maximum absolute atomic E-state index is 13.2. The zero-order valence-electron chi connectivity index (χ0n) is 13.7. The second-order valence-corrected chi connectivity index (χ2v) is 5.21. The van der Waals surface area contributed by atoms with Gasteiger partial charge >= 0.3 is 0 Å². The number of aromatic nitrogens is 2. The number of amides is 1. The lowest BCUT2D eigenvalue weighted by molar-refractivity contribution is 0.102. The number of anilines is 3. The van der Waals surface area contributed by atoms with Crippen LogP contribution in [0.5, 0.6) is 5.75 Å². The van der Waals surface area contributed by atoms with Crippen LogP contribution in [0.2, 0.25) is 0 Å². The highest BCUT2D eigenvalue weighted by Crippen LogP contribution is 2.23. The fourth-order valence-corrected chi connectivity index (χ4v) is 2.18. The van der Waals surface area contributed by atoms with Gasteiger partial charge in [-0.2, -0.15) is 0 Å².